The lowest BCUT2D eigenvalue weighted by Crippen LogP contribution is -1.68. The van der Waals surface area contributed by atoms with Crippen molar-refractivity contribution in [3.8, 4) is 5.75 Å². The van der Waals surface area contributed by atoms with Crippen molar-refractivity contribution in [3.63, 3.8) is 0 Å². The number of rotatable bonds is 0. The van der Waals surface area contributed by atoms with Crippen LogP contribution in [0.3, 0.4) is 0 Å². The monoisotopic (exact) mass is 205 g/mol. The highest BCUT2D eigenvalue weighted by molar-refractivity contribution is 9.10. The van der Waals surface area contributed by atoms with E-state index >= 15 is 0 Å². The minimum Gasteiger partial charge on any atom is -0.505 e. The van der Waals surface area contributed by atoms with Crippen LogP contribution in [0.2, 0.25) is 5.02 Å². The summed E-state index contributed by atoms with van der Waals surface area (Å²) in [6, 6.07) is 5.92. The third-order valence-corrected chi connectivity index (χ3v) is 1.80. The van der Waals surface area contributed by atoms with Crippen molar-refractivity contribution in [2.45, 2.75) is 0 Å². The molecule has 0 saturated heterocycles. The molecule has 0 unspecified atom stereocenters. The van der Waals surface area contributed by atoms with Gasteiger partial charge in [0.15, 0.2) is 0 Å². The quantitative estimate of drug-likeness (QED) is 0.692. The number of aromatic hydroxyl groups is 1. The minimum absolute atomic E-state index is 0.0409. The molecule has 3 heteroatoms. The van der Waals surface area contributed by atoms with Gasteiger partial charge in [-0.15, -0.1) is 0 Å². The van der Waals surface area contributed by atoms with E-state index in [4.69, 9.17) is 16.7 Å². The molecule has 47 valence electrons. The number of hydrogen-bond acceptors (Lipinski definition) is 1. The standard InChI is InChI=1S/C6H3BrClO/c7-4-2-1-3-5(8)6(4)9/h1-2,9H. The Morgan fingerprint density at radius 3 is 2.78 bits per heavy atom. The summed E-state index contributed by atoms with van der Waals surface area (Å²) in [5, 5.41) is 9.24. The summed E-state index contributed by atoms with van der Waals surface area (Å²) >= 11 is 8.57. The molecule has 1 aromatic rings. The number of halogens is 2. The van der Waals surface area contributed by atoms with Crippen molar-refractivity contribution in [1.82, 2.24) is 0 Å². The van der Waals surface area contributed by atoms with Gasteiger partial charge in [-0.1, -0.05) is 17.7 Å². The molecule has 1 aromatic carbocycles. The van der Waals surface area contributed by atoms with E-state index < -0.39 is 0 Å². The average molecular weight is 206 g/mol. The summed E-state index contributed by atoms with van der Waals surface area (Å²) in [6.45, 7) is 0. The smallest absolute Gasteiger partial charge is 0.148 e. The molecule has 0 bridgehead atoms. The zero-order chi connectivity index (χ0) is 6.85. The maximum Gasteiger partial charge on any atom is 0.148 e. The van der Waals surface area contributed by atoms with Gasteiger partial charge in [0.1, 0.15) is 5.75 Å². The number of phenolic OH excluding ortho intramolecular Hbond substituents is 1. The fourth-order valence-electron chi connectivity index (χ4n) is 0.440. The molecule has 0 heterocycles. The Labute approximate surface area is 66.4 Å². The van der Waals surface area contributed by atoms with Gasteiger partial charge in [-0.2, -0.15) is 0 Å². The fraction of sp³-hybridized carbons (Fsp3) is 0. The minimum atomic E-state index is 0.0409. The van der Waals surface area contributed by atoms with Crippen LogP contribution in [0, 0.1) is 6.07 Å². The summed E-state index contributed by atoms with van der Waals surface area (Å²) in [6.07, 6.45) is 0. The largest absolute Gasteiger partial charge is 0.505 e. The Kier molecular flexibility index (Phi) is 1.98. The van der Waals surface area contributed by atoms with Crippen LogP contribution in [0.4, 0.5) is 0 Å². The zero-order valence-electron chi connectivity index (χ0n) is 4.36. The topological polar surface area (TPSA) is 20.2 Å². The predicted molar refractivity (Wildman–Crippen MR) is 39.7 cm³/mol. The van der Waals surface area contributed by atoms with E-state index in [0.29, 0.717) is 4.47 Å². The molecule has 0 aliphatic heterocycles. The Bertz CT molecular complexity index is 204. The van der Waals surface area contributed by atoms with Gasteiger partial charge in [0.2, 0.25) is 0 Å². The van der Waals surface area contributed by atoms with Gasteiger partial charge in [-0.25, -0.2) is 0 Å². The summed E-state index contributed by atoms with van der Waals surface area (Å²) in [4.78, 5) is 0. The molecule has 0 spiro atoms. The SMILES string of the molecule is Oc1c(Cl)[c]ccc1Br. The molecule has 0 aliphatic carbocycles. The second kappa shape index (κ2) is 2.58. The maximum absolute atomic E-state index is 9.00. The van der Waals surface area contributed by atoms with Crippen LogP contribution in [-0.4, -0.2) is 5.11 Å². The lowest BCUT2D eigenvalue weighted by atomic mass is 10.3. The molecule has 0 atom stereocenters. The molecule has 1 nitrogen and oxygen atoms in total. The Hall–Kier alpha value is -0.210. The highest BCUT2D eigenvalue weighted by Gasteiger charge is 1.99. The first-order chi connectivity index (χ1) is 4.22. The van der Waals surface area contributed by atoms with E-state index in [1.165, 1.54) is 0 Å². The summed E-state index contributed by atoms with van der Waals surface area (Å²) in [5.41, 5.74) is 0. The van der Waals surface area contributed by atoms with Gasteiger partial charge in [0.05, 0.1) is 9.50 Å². The molecule has 1 rings (SSSR count). The molecule has 1 N–H and O–H groups in total. The van der Waals surface area contributed by atoms with E-state index in [1.54, 1.807) is 12.1 Å². The molecule has 9 heavy (non-hydrogen) atoms. The molecule has 0 fully saturated rings. The molecule has 0 amide bonds. The van der Waals surface area contributed by atoms with Gasteiger partial charge in [-0.3, -0.25) is 0 Å². The van der Waals surface area contributed by atoms with E-state index in [2.05, 4.69) is 22.0 Å². The van der Waals surface area contributed by atoms with Crippen LogP contribution >= 0.6 is 27.5 Å². The second-order valence-corrected chi connectivity index (χ2v) is 2.72. The van der Waals surface area contributed by atoms with Gasteiger partial charge < -0.3 is 5.11 Å². The van der Waals surface area contributed by atoms with Crippen molar-refractivity contribution in [1.29, 1.82) is 0 Å². The summed E-state index contributed by atoms with van der Waals surface area (Å²) in [5.74, 6) is 0.0409. The van der Waals surface area contributed by atoms with Crippen LogP contribution in [-0.2, 0) is 0 Å². The first kappa shape index (κ1) is 6.90. The van der Waals surface area contributed by atoms with Crippen molar-refractivity contribution in [3.05, 3.63) is 27.7 Å². The Morgan fingerprint density at radius 2 is 2.33 bits per heavy atom. The van der Waals surface area contributed by atoms with Crippen molar-refractivity contribution >= 4 is 27.5 Å². The predicted octanol–water partition coefficient (Wildman–Crippen LogP) is 2.61. The normalized spacial score (nSPS) is 9.56. The first-order valence-corrected chi connectivity index (χ1v) is 3.43. The average Bonchev–Trinajstić information content (AvgIpc) is 1.83. The van der Waals surface area contributed by atoms with Gasteiger partial charge in [0.25, 0.3) is 0 Å². The maximum atomic E-state index is 9.00. The lowest BCUT2D eigenvalue weighted by molar-refractivity contribution is 0.472. The van der Waals surface area contributed by atoms with Crippen LogP contribution in [0.1, 0.15) is 0 Å². The highest BCUT2D eigenvalue weighted by Crippen LogP contribution is 2.30. The van der Waals surface area contributed by atoms with Crippen molar-refractivity contribution < 1.29 is 5.11 Å². The molecule has 0 saturated carbocycles. The third-order valence-electron chi connectivity index (χ3n) is 0.874. The van der Waals surface area contributed by atoms with E-state index in [9.17, 15) is 0 Å². The van der Waals surface area contributed by atoms with E-state index in [0.717, 1.165) is 0 Å². The van der Waals surface area contributed by atoms with Crippen LogP contribution in [0.25, 0.3) is 0 Å². The fourth-order valence-corrected chi connectivity index (χ4v) is 1.05. The molecule has 1 radical (unpaired) electrons. The van der Waals surface area contributed by atoms with Gasteiger partial charge in [-0.05, 0) is 22.0 Å². The van der Waals surface area contributed by atoms with Crippen molar-refractivity contribution in [2.75, 3.05) is 0 Å². The molecule has 0 aliphatic rings. The van der Waals surface area contributed by atoms with Gasteiger partial charge >= 0.3 is 0 Å². The molecular formula is C6H3BrClO. The highest BCUT2D eigenvalue weighted by atomic mass is 79.9. The number of hydrogen-bond donors (Lipinski definition) is 1. The number of benzene rings is 1. The summed E-state index contributed by atoms with van der Waals surface area (Å²) < 4.78 is 0.589. The van der Waals surface area contributed by atoms with Gasteiger partial charge in [0, 0.05) is 6.07 Å². The third kappa shape index (κ3) is 1.37. The van der Waals surface area contributed by atoms with Crippen LogP contribution < -0.4 is 0 Å². The first-order valence-electron chi connectivity index (χ1n) is 2.26. The molecular weight excluding hydrogens is 203 g/mol. The Morgan fingerprint density at radius 1 is 1.67 bits per heavy atom. The van der Waals surface area contributed by atoms with Crippen molar-refractivity contribution in [2.24, 2.45) is 0 Å². The van der Waals surface area contributed by atoms with E-state index in [1.807, 2.05) is 0 Å². The number of phenols is 1. The summed E-state index contributed by atoms with van der Waals surface area (Å²) in [7, 11) is 0. The van der Waals surface area contributed by atoms with Crippen LogP contribution in [0.15, 0.2) is 16.6 Å². The van der Waals surface area contributed by atoms with E-state index in [-0.39, 0.29) is 10.8 Å². The molecule has 0 aromatic heterocycles. The zero-order valence-corrected chi connectivity index (χ0v) is 6.70. The lowest BCUT2D eigenvalue weighted by Gasteiger charge is -1.95. The second-order valence-electron chi connectivity index (χ2n) is 1.49. The Balaban J connectivity index is 3.25. The van der Waals surface area contributed by atoms with Crippen LogP contribution in [0.5, 0.6) is 5.75 Å².